The molecule has 1 fully saturated rings. The van der Waals surface area contributed by atoms with Gasteiger partial charge in [-0.15, -0.1) is 11.3 Å². The average molecular weight is 414 g/mol. The minimum absolute atomic E-state index is 0.00266. The Morgan fingerprint density at radius 2 is 1.74 bits per heavy atom. The molecule has 1 aromatic carbocycles. The zero-order valence-electron chi connectivity index (χ0n) is 14.6. The summed E-state index contributed by atoms with van der Waals surface area (Å²) in [6, 6.07) is 6.11. The third kappa shape index (κ3) is 4.72. The van der Waals surface area contributed by atoms with Crippen molar-refractivity contribution >= 4 is 27.3 Å². The van der Waals surface area contributed by atoms with E-state index in [9.17, 15) is 22.0 Å². The highest BCUT2D eigenvalue weighted by molar-refractivity contribution is 7.91. The molecule has 0 aliphatic carbocycles. The van der Waals surface area contributed by atoms with Gasteiger partial charge in [-0.1, -0.05) is 12.8 Å². The summed E-state index contributed by atoms with van der Waals surface area (Å²) in [5.41, 5.74) is 0.00266. The van der Waals surface area contributed by atoms with Crippen molar-refractivity contribution in [2.75, 3.05) is 13.1 Å². The third-order valence-electron chi connectivity index (χ3n) is 4.40. The quantitative estimate of drug-likeness (QED) is 0.814. The van der Waals surface area contributed by atoms with E-state index in [1.807, 2.05) is 0 Å². The smallest absolute Gasteiger partial charge is 0.252 e. The number of thiophene rings is 1. The lowest BCUT2D eigenvalue weighted by molar-refractivity contribution is 0.0950. The van der Waals surface area contributed by atoms with E-state index in [0.717, 1.165) is 49.2 Å². The third-order valence-corrected chi connectivity index (χ3v) is 7.85. The normalized spacial score (nSPS) is 16.1. The molecule has 0 saturated carbocycles. The highest BCUT2D eigenvalue weighted by Gasteiger charge is 2.26. The van der Waals surface area contributed by atoms with Gasteiger partial charge in [0.25, 0.3) is 15.9 Å². The van der Waals surface area contributed by atoms with Gasteiger partial charge in [0.1, 0.15) is 4.21 Å². The molecule has 0 unspecified atom stereocenters. The zero-order valence-corrected chi connectivity index (χ0v) is 16.2. The number of amides is 1. The van der Waals surface area contributed by atoms with E-state index in [1.165, 1.54) is 10.4 Å². The van der Waals surface area contributed by atoms with Crippen molar-refractivity contribution in [1.29, 1.82) is 0 Å². The van der Waals surface area contributed by atoms with E-state index in [-0.39, 0.29) is 16.3 Å². The maximum absolute atomic E-state index is 13.2. The zero-order chi connectivity index (χ0) is 19.4. The first kappa shape index (κ1) is 19.9. The van der Waals surface area contributed by atoms with E-state index in [0.29, 0.717) is 18.0 Å². The Hall–Kier alpha value is -1.84. The predicted octanol–water partition coefficient (Wildman–Crippen LogP) is 3.52. The Morgan fingerprint density at radius 1 is 1.04 bits per heavy atom. The van der Waals surface area contributed by atoms with Gasteiger partial charge in [-0.25, -0.2) is 17.2 Å². The van der Waals surface area contributed by atoms with Crippen LogP contribution in [0.3, 0.4) is 0 Å². The molecular formula is C18H20F2N2O3S2. The van der Waals surface area contributed by atoms with Crippen molar-refractivity contribution in [3.05, 3.63) is 52.4 Å². The van der Waals surface area contributed by atoms with E-state index in [2.05, 4.69) is 5.32 Å². The van der Waals surface area contributed by atoms with Crippen LogP contribution in [-0.4, -0.2) is 31.7 Å². The van der Waals surface area contributed by atoms with E-state index < -0.39 is 27.6 Å². The number of sulfonamides is 1. The summed E-state index contributed by atoms with van der Waals surface area (Å²) in [6.07, 6.45) is 3.80. The molecule has 27 heavy (non-hydrogen) atoms. The maximum Gasteiger partial charge on any atom is 0.252 e. The summed E-state index contributed by atoms with van der Waals surface area (Å²) in [5, 5.41) is 2.59. The second-order valence-electron chi connectivity index (χ2n) is 6.35. The van der Waals surface area contributed by atoms with Gasteiger partial charge >= 0.3 is 0 Å². The average Bonchev–Trinajstić information content (AvgIpc) is 2.95. The van der Waals surface area contributed by atoms with Gasteiger partial charge in [0.2, 0.25) is 0 Å². The van der Waals surface area contributed by atoms with Crippen LogP contribution in [-0.2, 0) is 16.6 Å². The molecule has 2 heterocycles. The minimum Gasteiger partial charge on any atom is -0.347 e. The predicted molar refractivity (Wildman–Crippen MR) is 99.1 cm³/mol. The van der Waals surface area contributed by atoms with Crippen molar-refractivity contribution in [2.24, 2.45) is 0 Å². The Morgan fingerprint density at radius 3 is 2.41 bits per heavy atom. The van der Waals surface area contributed by atoms with Crippen molar-refractivity contribution in [3.63, 3.8) is 0 Å². The molecule has 0 bridgehead atoms. The van der Waals surface area contributed by atoms with Gasteiger partial charge in [0.15, 0.2) is 11.6 Å². The molecule has 1 aromatic heterocycles. The number of benzene rings is 1. The fourth-order valence-corrected chi connectivity index (χ4v) is 5.87. The lowest BCUT2D eigenvalue weighted by Crippen LogP contribution is -2.31. The van der Waals surface area contributed by atoms with E-state index >= 15 is 0 Å². The Bertz CT molecular complexity index is 920. The van der Waals surface area contributed by atoms with Crippen LogP contribution < -0.4 is 5.32 Å². The fourth-order valence-electron chi connectivity index (χ4n) is 2.91. The molecule has 5 nitrogen and oxygen atoms in total. The molecule has 1 aliphatic heterocycles. The van der Waals surface area contributed by atoms with Crippen LogP contribution in [0.4, 0.5) is 8.78 Å². The molecular weight excluding hydrogens is 394 g/mol. The van der Waals surface area contributed by atoms with Crippen molar-refractivity contribution in [2.45, 2.75) is 36.4 Å². The number of hydrogen-bond acceptors (Lipinski definition) is 4. The first-order valence-corrected chi connectivity index (χ1v) is 11.0. The molecule has 3 rings (SSSR count). The largest absolute Gasteiger partial charge is 0.347 e. The number of carbonyl (C=O) groups is 1. The van der Waals surface area contributed by atoms with E-state index in [4.69, 9.17) is 0 Å². The maximum atomic E-state index is 13.2. The van der Waals surface area contributed by atoms with Crippen LogP contribution in [0, 0.1) is 11.6 Å². The summed E-state index contributed by atoms with van der Waals surface area (Å²) < 4.78 is 53.4. The number of halogens is 2. The highest BCUT2D eigenvalue weighted by Crippen LogP contribution is 2.26. The first-order chi connectivity index (χ1) is 12.9. The second-order valence-corrected chi connectivity index (χ2v) is 9.68. The minimum atomic E-state index is -3.52. The molecule has 2 aromatic rings. The Kier molecular flexibility index (Phi) is 6.23. The standard InChI is InChI=1S/C18H20F2N2O3S2/c19-15-7-5-13(11-16(15)20)18(23)21-12-14-6-8-17(26-14)27(24,25)22-9-3-1-2-4-10-22/h5-8,11H,1-4,9-10,12H2,(H,21,23). The summed E-state index contributed by atoms with van der Waals surface area (Å²) >= 11 is 1.10. The molecule has 0 atom stereocenters. The SMILES string of the molecule is O=C(NCc1ccc(S(=O)(=O)N2CCCCCC2)s1)c1ccc(F)c(F)c1. The van der Waals surface area contributed by atoms with Crippen LogP contribution in [0.5, 0.6) is 0 Å². The van der Waals surface area contributed by atoms with Gasteiger partial charge in [0.05, 0.1) is 6.54 Å². The van der Waals surface area contributed by atoms with Crippen molar-refractivity contribution in [1.82, 2.24) is 9.62 Å². The molecule has 0 radical (unpaired) electrons. The molecule has 9 heteroatoms. The summed E-state index contributed by atoms with van der Waals surface area (Å²) in [6.45, 7) is 1.17. The van der Waals surface area contributed by atoms with Gasteiger partial charge in [0, 0.05) is 23.5 Å². The lowest BCUT2D eigenvalue weighted by atomic mass is 10.2. The van der Waals surface area contributed by atoms with Crippen molar-refractivity contribution < 1.29 is 22.0 Å². The fraction of sp³-hybridized carbons (Fsp3) is 0.389. The van der Waals surface area contributed by atoms with Crippen LogP contribution in [0.25, 0.3) is 0 Å². The van der Waals surface area contributed by atoms with E-state index in [1.54, 1.807) is 12.1 Å². The number of rotatable bonds is 5. The van der Waals surface area contributed by atoms with Crippen LogP contribution in [0.2, 0.25) is 0 Å². The Balaban J connectivity index is 1.65. The second kappa shape index (κ2) is 8.45. The highest BCUT2D eigenvalue weighted by atomic mass is 32.2. The summed E-state index contributed by atoms with van der Waals surface area (Å²) in [5.74, 6) is -2.67. The van der Waals surface area contributed by atoms with Crippen LogP contribution in [0.15, 0.2) is 34.5 Å². The van der Waals surface area contributed by atoms with Crippen molar-refractivity contribution in [3.8, 4) is 0 Å². The summed E-state index contributed by atoms with van der Waals surface area (Å²) in [7, 11) is -3.52. The Labute approximate surface area is 161 Å². The summed E-state index contributed by atoms with van der Waals surface area (Å²) in [4.78, 5) is 12.7. The molecule has 146 valence electrons. The number of nitrogens with one attached hydrogen (secondary N) is 1. The van der Waals surface area contributed by atoms with Gasteiger partial charge < -0.3 is 5.32 Å². The van der Waals surface area contributed by atoms with Crippen LogP contribution in [0.1, 0.15) is 40.9 Å². The number of carbonyl (C=O) groups excluding carboxylic acids is 1. The van der Waals surface area contributed by atoms with Crippen LogP contribution >= 0.6 is 11.3 Å². The molecule has 1 aliphatic rings. The topological polar surface area (TPSA) is 66.5 Å². The first-order valence-electron chi connectivity index (χ1n) is 8.70. The molecule has 1 amide bonds. The number of hydrogen-bond donors (Lipinski definition) is 1. The number of nitrogens with zero attached hydrogens (tertiary/aromatic N) is 1. The molecule has 1 saturated heterocycles. The molecule has 0 spiro atoms. The van der Waals surface area contributed by atoms with Gasteiger partial charge in [-0.3, -0.25) is 4.79 Å². The lowest BCUT2D eigenvalue weighted by Gasteiger charge is -2.18. The van der Waals surface area contributed by atoms with Gasteiger partial charge in [-0.2, -0.15) is 4.31 Å². The monoisotopic (exact) mass is 414 g/mol. The molecule has 1 N–H and O–H groups in total. The van der Waals surface area contributed by atoms with Gasteiger partial charge in [-0.05, 0) is 43.2 Å².